The maximum Gasteiger partial charge on any atom is 0.488 e. The first-order chi connectivity index (χ1) is 20.4. The van der Waals surface area contributed by atoms with E-state index in [1.165, 1.54) is 30.4 Å². The number of benzene rings is 3. The molecule has 3 atom stereocenters. The maximum atomic E-state index is 11.2. The molecule has 0 amide bonds. The second kappa shape index (κ2) is 25.9. The monoisotopic (exact) mass is 627 g/mol. The van der Waals surface area contributed by atoms with Gasteiger partial charge in [0.1, 0.15) is 5.78 Å². The van der Waals surface area contributed by atoms with E-state index in [-0.39, 0.29) is 42.6 Å². The first kappa shape index (κ1) is 44.9. The summed E-state index contributed by atoms with van der Waals surface area (Å²) in [4.78, 5) is 21.6. The fourth-order valence-electron chi connectivity index (χ4n) is 5.54. The molecular formula is C39H57B2O5. The summed E-state index contributed by atoms with van der Waals surface area (Å²) >= 11 is 0. The number of carbonyl (C=O) groups is 2. The van der Waals surface area contributed by atoms with Gasteiger partial charge in [-0.3, -0.25) is 9.59 Å². The van der Waals surface area contributed by atoms with Crippen LogP contribution in [0.15, 0.2) is 103 Å². The lowest BCUT2D eigenvalue weighted by atomic mass is 9.81. The van der Waals surface area contributed by atoms with E-state index < -0.39 is 7.12 Å². The molecule has 3 unspecified atom stereocenters. The van der Waals surface area contributed by atoms with Gasteiger partial charge in [-0.05, 0) is 79.4 Å². The molecule has 7 heteroatoms. The van der Waals surface area contributed by atoms with Gasteiger partial charge in [-0.15, -0.1) is 0 Å². The van der Waals surface area contributed by atoms with Crippen molar-refractivity contribution in [3.8, 4) is 0 Å². The van der Waals surface area contributed by atoms with Crippen molar-refractivity contribution in [2.24, 2.45) is 0 Å². The van der Waals surface area contributed by atoms with Crippen molar-refractivity contribution in [3.05, 3.63) is 114 Å². The molecule has 6 rings (SSSR count). The number of Topliss-reactive ketones (excluding diaryl/α,β-unsaturated/α-hetero) is 1. The quantitative estimate of drug-likeness (QED) is 0.258. The Morgan fingerprint density at radius 1 is 0.630 bits per heavy atom. The fraction of sp³-hybridized carbons (Fsp3) is 0.436. The predicted molar refractivity (Wildman–Crippen MR) is 197 cm³/mol. The van der Waals surface area contributed by atoms with Crippen LogP contribution in [0.5, 0.6) is 0 Å². The van der Waals surface area contributed by atoms with Crippen LogP contribution in [0.3, 0.4) is 0 Å². The Kier molecular flexibility index (Phi) is 25.3. The van der Waals surface area contributed by atoms with Crippen molar-refractivity contribution >= 4 is 32.6 Å². The van der Waals surface area contributed by atoms with Gasteiger partial charge < -0.3 is 15.2 Å². The molecule has 0 aromatic heterocycles. The Balaban J connectivity index is 0. The van der Waals surface area contributed by atoms with Crippen molar-refractivity contribution in [3.63, 3.8) is 0 Å². The summed E-state index contributed by atoms with van der Waals surface area (Å²) in [5, 5.41) is 26.7. The van der Waals surface area contributed by atoms with Crippen LogP contribution >= 0.6 is 0 Å². The second-order valence-electron chi connectivity index (χ2n) is 11.2. The molecule has 46 heavy (non-hydrogen) atoms. The van der Waals surface area contributed by atoms with Crippen LogP contribution in [0.4, 0.5) is 0 Å². The molecule has 2 saturated carbocycles. The summed E-state index contributed by atoms with van der Waals surface area (Å²) in [5.41, 5.74) is 3.24. The maximum absolute atomic E-state index is 11.2. The highest BCUT2D eigenvalue weighted by atomic mass is 16.4. The van der Waals surface area contributed by atoms with E-state index >= 15 is 0 Å². The lowest BCUT2D eigenvalue weighted by Crippen LogP contribution is -2.29. The molecule has 3 aliphatic rings. The number of ketones is 2. The molecule has 3 aliphatic carbocycles. The highest BCUT2D eigenvalue weighted by Crippen LogP contribution is 2.32. The van der Waals surface area contributed by atoms with Crippen molar-refractivity contribution < 1.29 is 24.7 Å². The van der Waals surface area contributed by atoms with E-state index in [2.05, 4.69) is 48.5 Å². The Bertz CT molecular complexity index is 1200. The minimum Gasteiger partial charge on any atom is -0.423 e. The standard InChI is InChI=1S/C12H16O.C12H14O.C6H7BO2.C6H8O.3CH4.B/c2*13-12-8-4-7-11(9-12)10-5-2-1-3-6-10;8-7(9)6-4-2-1-3-5-6;7-6-4-2-1-3-5-6;;;;/h1-3,5-6,11-13H,4,7-9H2;1-3,5-6,11H,4,7-9H2;1-5,8-9H;2,4H,1,3,5H2;3*1H4;. The van der Waals surface area contributed by atoms with Crippen molar-refractivity contribution in [1.82, 2.24) is 0 Å². The smallest absolute Gasteiger partial charge is 0.423 e. The van der Waals surface area contributed by atoms with Crippen molar-refractivity contribution in [2.75, 3.05) is 0 Å². The average Bonchev–Trinajstić information content (AvgIpc) is 3.04. The van der Waals surface area contributed by atoms with Gasteiger partial charge >= 0.3 is 7.12 Å². The van der Waals surface area contributed by atoms with Gasteiger partial charge in [0.15, 0.2) is 5.78 Å². The van der Waals surface area contributed by atoms with E-state index in [1.807, 2.05) is 24.3 Å². The van der Waals surface area contributed by atoms with Gasteiger partial charge in [0, 0.05) is 27.7 Å². The summed E-state index contributed by atoms with van der Waals surface area (Å²) in [5.74, 6) is 1.79. The molecule has 3 N–H and O–H groups in total. The van der Waals surface area contributed by atoms with Gasteiger partial charge in [-0.1, -0.05) is 126 Å². The molecule has 249 valence electrons. The molecule has 2 fully saturated rings. The molecule has 5 nitrogen and oxygen atoms in total. The summed E-state index contributed by atoms with van der Waals surface area (Å²) < 4.78 is 0. The van der Waals surface area contributed by atoms with E-state index in [4.69, 9.17) is 10.0 Å². The van der Waals surface area contributed by atoms with E-state index in [0.717, 1.165) is 51.4 Å². The SMILES string of the molecule is C.C.C.O=C1C=CCCC1.O=C1CCCC(c2ccccc2)C1.OB(O)c1ccccc1.OC1CCCC(c2ccccc2)C1.[B]. The molecule has 0 saturated heterocycles. The van der Waals surface area contributed by atoms with E-state index in [0.29, 0.717) is 23.1 Å². The Morgan fingerprint density at radius 2 is 1.15 bits per heavy atom. The third-order valence-corrected chi connectivity index (χ3v) is 7.87. The molecule has 0 spiro atoms. The minimum absolute atomic E-state index is 0. The molecule has 3 aromatic rings. The predicted octanol–water partition coefficient (Wildman–Crippen LogP) is 7.81. The normalized spacial score (nSPS) is 19.5. The molecule has 0 bridgehead atoms. The van der Waals surface area contributed by atoms with Crippen LogP contribution in [0.1, 0.15) is 116 Å². The summed E-state index contributed by atoms with van der Waals surface area (Å²) in [6, 6.07) is 29.6. The number of hydrogen-bond acceptors (Lipinski definition) is 5. The number of allylic oxidation sites excluding steroid dienone is 2. The van der Waals surface area contributed by atoms with Crippen molar-refractivity contribution in [1.29, 1.82) is 0 Å². The zero-order valence-corrected chi connectivity index (χ0v) is 25.1. The average molecular weight is 628 g/mol. The third-order valence-electron chi connectivity index (χ3n) is 7.87. The number of rotatable bonds is 3. The van der Waals surface area contributed by atoms with Gasteiger partial charge in [0.05, 0.1) is 6.10 Å². The highest BCUT2D eigenvalue weighted by molar-refractivity contribution is 6.58. The third kappa shape index (κ3) is 17.4. The number of aliphatic hydroxyl groups is 1. The van der Waals surface area contributed by atoms with Gasteiger partial charge in [-0.2, -0.15) is 0 Å². The first-order valence-corrected chi connectivity index (χ1v) is 15.3. The van der Waals surface area contributed by atoms with Gasteiger partial charge in [0.25, 0.3) is 0 Å². The fourth-order valence-corrected chi connectivity index (χ4v) is 5.54. The van der Waals surface area contributed by atoms with E-state index in [9.17, 15) is 14.7 Å². The lowest BCUT2D eigenvalue weighted by molar-refractivity contribution is -0.120. The molecular weight excluding hydrogens is 570 g/mol. The van der Waals surface area contributed by atoms with Crippen LogP contribution in [-0.2, 0) is 9.59 Å². The van der Waals surface area contributed by atoms with Crippen LogP contribution in [0, 0.1) is 0 Å². The largest absolute Gasteiger partial charge is 0.488 e. The number of aliphatic hydroxyl groups excluding tert-OH is 1. The zero-order chi connectivity index (χ0) is 30.0. The summed E-state index contributed by atoms with van der Waals surface area (Å²) in [6.45, 7) is 0. The molecule has 3 radical (unpaired) electrons. The Labute approximate surface area is 281 Å². The van der Waals surface area contributed by atoms with Gasteiger partial charge in [-0.25, -0.2) is 0 Å². The number of carbonyl (C=O) groups excluding carboxylic acids is 2. The lowest BCUT2D eigenvalue weighted by Gasteiger charge is -2.25. The summed E-state index contributed by atoms with van der Waals surface area (Å²) in [7, 11) is -1.34. The Hall–Kier alpha value is -3.25. The molecule has 0 heterocycles. The first-order valence-electron chi connectivity index (χ1n) is 15.3. The second-order valence-corrected chi connectivity index (χ2v) is 11.2. The molecule has 0 aliphatic heterocycles. The van der Waals surface area contributed by atoms with E-state index in [1.54, 1.807) is 30.3 Å². The number of hydrogen-bond donors (Lipinski definition) is 3. The summed E-state index contributed by atoms with van der Waals surface area (Å²) in [6.07, 6.45) is 14.6. The van der Waals surface area contributed by atoms with Crippen molar-refractivity contribution in [2.45, 2.75) is 111 Å². The zero-order valence-electron chi connectivity index (χ0n) is 25.1. The van der Waals surface area contributed by atoms with Crippen LogP contribution in [0.25, 0.3) is 0 Å². The topological polar surface area (TPSA) is 94.8 Å². The Morgan fingerprint density at radius 3 is 1.57 bits per heavy atom. The molecule has 3 aromatic carbocycles. The van der Waals surface area contributed by atoms with Crippen LogP contribution in [-0.4, -0.2) is 48.4 Å². The van der Waals surface area contributed by atoms with Gasteiger partial charge in [0.2, 0.25) is 0 Å². The highest BCUT2D eigenvalue weighted by Gasteiger charge is 2.21. The minimum atomic E-state index is -1.34. The van der Waals surface area contributed by atoms with Crippen LogP contribution < -0.4 is 5.46 Å². The van der Waals surface area contributed by atoms with Crippen LogP contribution in [0.2, 0.25) is 0 Å².